The van der Waals surface area contributed by atoms with Gasteiger partial charge in [0.05, 0.1) is 11.7 Å². The Morgan fingerprint density at radius 2 is 1.75 bits per heavy atom. The summed E-state index contributed by atoms with van der Waals surface area (Å²) in [7, 11) is 0. The Kier molecular flexibility index (Phi) is 4.90. The molecular weight excluding hydrogens is 291 g/mol. The summed E-state index contributed by atoms with van der Waals surface area (Å²) >= 11 is 12.1. The Morgan fingerprint density at radius 3 is 2.30 bits per heavy atom. The highest BCUT2D eigenvalue weighted by Crippen LogP contribution is 2.32. The predicted octanol–water partition coefficient (Wildman–Crippen LogP) is 5.51. The van der Waals surface area contributed by atoms with Crippen molar-refractivity contribution in [3.8, 4) is 0 Å². The van der Waals surface area contributed by atoms with Gasteiger partial charge in [0.1, 0.15) is 5.15 Å². The zero-order valence-corrected chi connectivity index (χ0v) is 13.3. The highest BCUT2D eigenvalue weighted by atomic mass is 35.5. The lowest BCUT2D eigenvalue weighted by atomic mass is 9.95. The van der Waals surface area contributed by atoms with Crippen LogP contribution in [0.25, 0.3) is 0 Å². The highest BCUT2D eigenvalue weighted by Gasteiger charge is 2.18. The van der Waals surface area contributed by atoms with E-state index in [0.717, 1.165) is 11.3 Å². The predicted molar refractivity (Wildman–Crippen MR) is 86.6 cm³/mol. The summed E-state index contributed by atoms with van der Waals surface area (Å²) in [5, 5.41) is 4.33. The molecule has 0 spiro atoms. The number of aromatic nitrogens is 1. The van der Waals surface area contributed by atoms with Crippen LogP contribution >= 0.6 is 23.2 Å². The standard InChI is InChI=1S/C16H18Cl2N2/c1-10(2)14(12-7-5-4-6-8-12)20-15-11(3)9-13(17)19-16(15)18/h4-10,14,20H,1-3H3. The molecule has 1 aromatic carbocycles. The number of nitrogens with zero attached hydrogens (tertiary/aromatic N) is 1. The molecule has 1 aromatic heterocycles. The normalized spacial score (nSPS) is 12.5. The number of nitrogens with one attached hydrogen (secondary N) is 1. The number of hydrogen-bond donors (Lipinski definition) is 1. The molecule has 0 saturated carbocycles. The second-order valence-corrected chi connectivity index (χ2v) is 5.95. The van der Waals surface area contributed by atoms with Gasteiger partial charge >= 0.3 is 0 Å². The Morgan fingerprint density at radius 1 is 1.10 bits per heavy atom. The minimum Gasteiger partial charge on any atom is -0.375 e. The minimum atomic E-state index is 0.176. The van der Waals surface area contributed by atoms with Crippen LogP contribution in [0.1, 0.15) is 31.0 Å². The third-order valence-electron chi connectivity index (χ3n) is 3.27. The van der Waals surface area contributed by atoms with Gasteiger partial charge in [0.25, 0.3) is 0 Å². The first kappa shape index (κ1) is 15.1. The van der Waals surface area contributed by atoms with E-state index >= 15 is 0 Å². The second kappa shape index (κ2) is 6.47. The molecule has 1 atom stereocenters. The van der Waals surface area contributed by atoms with Gasteiger partial charge in [0.15, 0.2) is 5.15 Å². The van der Waals surface area contributed by atoms with Crippen molar-refractivity contribution in [3.05, 3.63) is 57.8 Å². The van der Waals surface area contributed by atoms with E-state index in [1.54, 1.807) is 0 Å². The molecule has 0 amide bonds. The van der Waals surface area contributed by atoms with Gasteiger partial charge in [-0.05, 0) is 30.0 Å². The molecule has 2 aromatic rings. The fourth-order valence-electron chi connectivity index (χ4n) is 2.22. The quantitative estimate of drug-likeness (QED) is 0.754. The summed E-state index contributed by atoms with van der Waals surface area (Å²) in [6.07, 6.45) is 0. The largest absolute Gasteiger partial charge is 0.375 e. The van der Waals surface area contributed by atoms with Crippen molar-refractivity contribution in [2.24, 2.45) is 5.92 Å². The summed E-state index contributed by atoms with van der Waals surface area (Å²) in [5.41, 5.74) is 3.07. The van der Waals surface area contributed by atoms with Gasteiger partial charge < -0.3 is 5.32 Å². The van der Waals surface area contributed by atoms with Crippen molar-refractivity contribution in [2.45, 2.75) is 26.8 Å². The SMILES string of the molecule is Cc1cc(Cl)nc(Cl)c1NC(c1ccccc1)C(C)C. The summed E-state index contributed by atoms with van der Waals surface area (Å²) < 4.78 is 0. The van der Waals surface area contributed by atoms with E-state index in [2.05, 4.69) is 36.3 Å². The van der Waals surface area contributed by atoms with E-state index in [1.807, 2.05) is 31.2 Å². The maximum absolute atomic E-state index is 6.21. The molecule has 0 fully saturated rings. The second-order valence-electron chi connectivity index (χ2n) is 5.20. The van der Waals surface area contributed by atoms with Crippen molar-refractivity contribution < 1.29 is 0 Å². The number of benzene rings is 1. The molecule has 106 valence electrons. The molecule has 0 aliphatic carbocycles. The average Bonchev–Trinajstić information content (AvgIpc) is 2.38. The zero-order valence-electron chi connectivity index (χ0n) is 11.8. The monoisotopic (exact) mass is 308 g/mol. The molecule has 4 heteroatoms. The van der Waals surface area contributed by atoms with Crippen LogP contribution < -0.4 is 5.32 Å². The van der Waals surface area contributed by atoms with E-state index < -0.39 is 0 Å². The van der Waals surface area contributed by atoms with E-state index in [-0.39, 0.29) is 6.04 Å². The molecule has 0 saturated heterocycles. The van der Waals surface area contributed by atoms with Crippen molar-refractivity contribution >= 4 is 28.9 Å². The number of pyridine rings is 1. The minimum absolute atomic E-state index is 0.176. The van der Waals surface area contributed by atoms with Gasteiger partial charge in [-0.1, -0.05) is 67.4 Å². The lowest BCUT2D eigenvalue weighted by Gasteiger charge is -2.25. The van der Waals surface area contributed by atoms with Gasteiger partial charge in [0.2, 0.25) is 0 Å². The molecule has 0 radical (unpaired) electrons. The van der Waals surface area contributed by atoms with Crippen molar-refractivity contribution in [3.63, 3.8) is 0 Å². The van der Waals surface area contributed by atoms with Crippen LogP contribution in [-0.2, 0) is 0 Å². The molecule has 1 unspecified atom stereocenters. The average molecular weight is 309 g/mol. The van der Waals surface area contributed by atoms with E-state index in [9.17, 15) is 0 Å². The fourth-order valence-corrected chi connectivity index (χ4v) is 2.81. The molecule has 0 aliphatic heterocycles. The number of aryl methyl sites for hydroxylation is 1. The molecule has 1 heterocycles. The fraction of sp³-hybridized carbons (Fsp3) is 0.312. The Balaban J connectivity index is 2.35. The number of halogens is 2. The first-order valence-corrected chi connectivity index (χ1v) is 7.38. The summed E-state index contributed by atoms with van der Waals surface area (Å²) in [5.74, 6) is 0.420. The summed E-state index contributed by atoms with van der Waals surface area (Å²) in [6, 6.07) is 12.3. The first-order chi connectivity index (χ1) is 9.49. The van der Waals surface area contributed by atoms with Gasteiger partial charge in [-0.3, -0.25) is 0 Å². The van der Waals surface area contributed by atoms with E-state index in [0.29, 0.717) is 16.2 Å². The van der Waals surface area contributed by atoms with Crippen molar-refractivity contribution in [1.82, 2.24) is 4.98 Å². The molecule has 20 heavy (non-hydrogen) atoms. The van der Waals surface area contributed by atoms with Crippen LogP contribution in [0.5, 0.6) is 0 Å². The topological polar surface area (TPSA) is 24.9 Å². The molecule has 0 aliphatic rings. The summed E-state index contributed by atoms with van der Waals surface area (Å²) in [6.45, 7) is 6.33. The third kappa shape index (κ3) is 3.44. The van der Waals surface area contributed by atoms with Crippen molar-refractivity contribution in [1.29, 1.82) is 0 Å². The van der Waals surface area contributed by atoms with Crippen LogP contribution in [0, 0.1) is 12.8 Å². The van der Waals surface area contributed by atoms with Crippen molar-refractivity contribution in [2.75, 3.05) is 5.32 Å². The molecule has 1 N–H and O–H groups in total. The van der Waals surface area contributed by atoms with E-state index in [4.69, 9.17) is 23.2 Å². The van der Waals surface area contributed by atoms with Crippen LogP contribution in [0.4, 0.5) is 5.69 Å². The first-order valence-electron chi connectivity index (χ1n) is 6.63. The smallest absolute Gasteiger partial charge is 0.154 e. The Bertz CT molecular complexity index is 559. The molecule has 0 bridgehead atoms. The number of hydrogen-bond acceptors (Lipinski definition) is 2. The van der Waals surface area contributed by atoms with Gasteiger partial charge in [0, 0.05) is 0 Å². The number of anilines is 1. The van der Waals surface area contributed by atoms with Crippen LogP contribution in [0.2, 0.25) is 10.3 Å². The van der Waals surface area contributed by atoms with Gasteiger partial charge in [-0.15, -0.1) is 0 Å². The summed E-state index contributed by atoms with van der Waals surface area (Å²) in [4.78, 5) is 4.11. The Hall–Kier alpha value is -1.25. The molecular formula is C16H18Cl2N2. The maximum Gasteiger partial charge on any atom is 0.154 e. The lowest BCUT2D eigenvalue weighted by Crippen LogP contribution is -2.17. The van der Waals surface area contributed by atoms with Gasteiger partial charge in [-0.2, -0.15) is 0 Å². The van der Waals surface area contributed by atoms with Crippen LogP contribution in [0.3, 0.4) is 0 Å². The highest BCUT2D eigenvalue weighted by molar-refractivity contribution is 6.34. The maximum atomic E-state index is 6.21. The molecule has 2 nitrogen and oxygen atoms in total. The van der Waals surface area contributed by atoms with E-state index in [1.165, 1.54) is 5.56 Å². The van der Waals surface area contributed by atoms with Crippen LogP contribution in [0.15, 0.2) is 36.4 Å². The lowest BCUT2D eigenvalue weighted by molar-refractivity contribution is 0.546. The number of rotatable bonds is 4. The third-order valence-corrected chi connectivity index (χ3v) is 3.73. The zero-order chi connectivity index (χ0) is 14.7. The Labute approximate surface area is 130 Å². The molecule has 2 rings (SSSR count). The van der Waals surface area contributed by atoms with Crippen LogP contribution in [-0.4, -0.2) is 4.98 Å². The van der Waals surface area contributed by atoms with Gasteiger partial charge in [-0.25, -0.2) is 4.98 Å².